The van der Waals surface area contributed by atoms with Crippen LogP contribution in [0, 0.1) is 0 Å². The standard InChI is InChI=1S/C14H26N2O3/c1-3-13(14(17)18-2)5-7-15-6-4-8-16-9-11-19-12-10-16/h5,15H,3-4,6-12H2,1-2H3. The van der Waals surface area contributed by atoms with Crippen LogP contribution in [0.1, 0.15) is 19.8 Å². The summed E-state index contributed by atoms with van der Waals surface area (Å²) >= 11 is 0. The molecule has 1 heterocycles. The number of carbonyl (C=O) groups is 1. The minimum atomic E-state index is -0.224. The van der Waals surface area contributed by atoms with Crippen LogP contribution in [0.15, 0.2) is 11.6 Å². The fraction of sp³-hybridized carbons (Fsp3) is 0.786. The van der Waals surface area contributed by atoms with Gasteiger partial charge in [0.05, 0.1) is 20.3 Å². The summed E-state index contributed by atoms with van der Waals surface area (Å²) in [7, 11) is 1.42. The second kappa shape index (κ2) is 9.95. The van der Waals surface area contributed by atoms with E-state index in [9.17, 15) is 4.79 Å². The minimum absolute atomic E-state index is 0.224. The molecule has 1 fully saturated rings. The molecule has 0 spiro atoms. The van der Waals surface area contributed by atoms with Crippen molar-refractivity contribution in [3.63, 3.8) is 0 Å². The molecule has 1 aliphatic rings. The molecular weight excluding hydrogens is 244 g/mol. The predicted octanol–water partition coefficient (Wildman–Crippen LogP) is 0.808. The van der Waals surface area contributed by atoms with E-state index in [1.54, 1.807) is 0 Å². The second-order valence-corrected chi connectivity index (χ2v) is 4.59. The lowest BCUT2D eigenvalue weighted by molar-refractivity contribution is -0.136. The molecule has 0 unspecified atom stereocenters. The molecule has 0 radical (unpaired) electrons. The van der Waals surface area contributed by atoms with Crippen molar-refractivity contribution in [2.45, 2.75) is 19.8 Å². The van der Waals surface area contributed by atoms with E-state index in [2.05, 4.69) is 10.2 Å². The Morgan fingerprint density at radius 2 is 2.16 bits per heavy atom. The van der Waals surface area contributed by atoms with Crippen LogP contribution in [-0.2, 0) is 14.3 Å². The summed E-state index contributed by atoms with van der Waals surface area (Å²) in [5, 5.41) is 3.33. The molecule has 5 nitrogen and oxygen atoms in total. The first-order valence-corrected chi connectivity index (χ1v) is 7.06. The van der Waals surface area contributed by atoms with E-state index >= 15 is 0 Å². The van der Waals surface area contributed by atoms with Gasteiger partial charge in [-0.15, -0.1) is 0 Å². The van der Waals surface area contributed by atoms with Gasteiger partial charge in [0, 0.05) is 25.2 Å². The van der Waals surface area contributed by atoms with Gasteiger partial charge >= 0.3 is 5.97 Å². The van der Waals surface area contributed by atoms with E-state index in [1.165, 1.54) is 7.11 Å². The third-order valence-electron chi connectivity index (χ3n) is 3.25. The summed E-state index contributed by atoms with van der Waals surface area (Å²) in [6, 6.07) is 0. The van der Waals surface area contributed by atoms with Gasteiger partial charge in [0.15, 0.2) is 0 Å². The maximum Gasteiger partial charge on any atom is 0.333 e. The molecule has 0 aromatic rings. The molecule has 110 valence electrons. The number of rotatable bonds is 8. The van der Waals surface area contributed by atoms with Crippen molar-refractivity contribution in [1.82, 2.24) is 10.2 Å². The van der Waals surface area contributed by atoms with Crippen LogP contribution < -0.4 is 5.32 Å². The lowest BCUT2D eigenvalue weighted by Crippen LogP contribution is -2.37. The number of morpholine rings is 1. The summed E-state index contributed by atoms with van der Waals surface area (Å²) in [6.45, 7) is 8.56. The molecule has 0 amide bonds. The van der Waals surface area contributed by atoms with E-state index in [1.807, 2.05) is 13.0 Å². The lowest BCUT2D eigenvalue weighted by Gasteiger charge is -2.26. The Labute approximate surface area is 115 Å². The molecule has 0 atom stereocenters. The van der Waals surface area contributed by atoms with Crippen LogP contribution in [0.25, 0.3) is 0 Å². The summed E-state index contributed by atoms with van der Waals surface area (Å²) in [4.78, 5) is 13.8. The topological polar surface area (TPSA) is 50.8 Å². The molecular formula is C14H26N2O3. The highest BCUT2D eigenvalue weighted by molar-refractivity contribution is 5.88. The third kappa shape index (κ3) is 6.71. The molecule has 0 aromatic heterocycles. The van der Waals surface area contributed by atoms with Crippen LogP contribution in [-0.4, -0.2) is 63.9 Å². The maximum absolute atomic E-state index is 11.3. The first kappa shape index (κ1) is 16.1. The lowest BCUT2D eigenvalue weighted by atomic mass is 10.2. The fourth-order valence-electron chi connectivity index (χ4n) is 2.05. The Morgan fingerprint density at radius 1 is 1.42 bits per heavy atom. The van der Waals surface area contributed by atoms with Crippen molar-refractivity contribution < 1.29 is 14.3 Å². The van der Waals surface area contributed by atoms with Crippen LogP contribution in [0.3, 0.4) is 0 Å². The number of carbonyl (C=O) groups excluding carboxylic acids is 1. The summed E-state index contributed by atoms with van der Waals surface area (Å²) < 4.78 is 10.0. The number of methoxy groups -OCH3 is 1. The van der Waals surface area contributed by atoms with Crippen molar-refractivity contribution in [3.05, 3.63) is 11.6 Å². The normalized spacial score (nSPS) is 17.5. The quantitative estimate of drug-likeness (QED) is 0.402. The largest absolute Gasteiger partial charge is 0.466 e. The predicted molar refractivity (Wildman–Crippen MR) is 75.1 cm³/mol. The highest BCUT2D eigenvalue weighted by Crippen LogP contribution is 2.02. The van der Waals surface area contributed by atoms with Gasteiger partial charge in [-0.3, -0.25) is 4.90 Å². The first-order chi connectivity index (χ1) is 9.27. The minimum Gasteiger partial charge on any atom is -0.466 e. The average Bonchev–Trinajstić information content (AvgIpc) is 2.47. The molecule has 19 heavy (non-hydrogen) atoms. The number of nitrogens with one attached hydrogen (secondary N) is 1. The maximum atomic E-state index is 11.3. The van der Waals surface area contributed by atoms with Gasteiger partial charge in [-0.05, 0) is 25.9 Å². The zero-order valence-electron chi connectivity index (χ0n) is 12.1. The first-order valence-electron chi connectivity index (χ1n) is 7.06. The Kier molecular flexibility index (Phi) is 8.45. The SMILES string of the molecule is CCC(=CCNCCCN1CCOCC1)C(=O)OC. The Morgan fingerprint density at radius 3 is 2.79 bits per heavy atom. The molecule has 1 aliphatic heterocycles. The highest BCUT2D eigenvalue weighted by Gasteiger charge is 2.09. The van der Waals surface area contributed by atoms with Crippen molar-refractivity contribution in [1.29, 1.82) is 0 Å². The average molecular weight is 270 g/mol. The molecule has 1 rings (SSSR count). The van der Waals surface area contributed by atoms with Gasteiger partial charge in [0.2, 0.25) is 0 Å². The number of ether oxygens (including phenoxy) is 2. The van der Waals surface area contributed by atoms with Crippen molar-refractivity contribution >= 4 is 5.97 Å². The highest BCUT2D eigenvalue weighted by atomic mass is 16.5. The van der Waals surface area contributed by atoms with Gasteiger partial charge in [-0.25, -0.2) is 4.79 Å². The molecule has 5 heteroatoms. The van der Waals surface area contributed by atoms with Crippen LogP contribution in [0.5, 0.6) is 0 Å². The van der Waals surface area contributed by atoms with E-state index in [0.29, 0.717) is 6.42 Å². The van der Waals surface area contributed by atoms with Gasteiger partial charge in [0.25, 0.3) is 0 Å². The molecule has 0 saturated carbocycles. The van der Waals surface area contributed by atoms with Crippen LogP contribution >= 0.6 is 0 Å². The van der Waals surface area contributed by atoms with Crippen molar-refractivity contribution in [2.75, 3.05) is 53.0 Å². The molecule has 0 aliphatic carbocycles. The Hall–Kier alpha value is -0.910. The zero-order valence-corrected chi connectivity index (χ0v) is 12.1. The molecule has 0 aromatic carbocycles. The third-order valence-corrected chi connectivity index (χ3v) is 3.25. The van der Waals surface area contributed by atoms with Crippen molar-refractivity contribution in [2.24, 2.45) is 0 Å². The zero-order chi connectivity index (χ0) is 13.9. The van der Waals surface area contributed by atoms with Crippen LogP contribution in [0.2, 0.25) is 0 Å². The Balaban J connectivity index is 2.06. The van der Waals surface area contributed by atoms with Gasteiger partial charge < -0.3 is 14.8 Å². The van der Waals surface area contributed by atoms with Gasteiger partial charge in [-0.2, -0.15) is 0 Å². The number of hydrogen-bond donors (Lipinski definition) is 1. The number of nitrogens with zero attached hydrogens (tertiary/aromatic N) is 1. The summed E-state index contributed by atoms with van der Waals surface area (Å²) in [5.41, 5.74) is 0.739. The van der Waals surface area contributed by atoms with E-state index in [0.717, 1.165) is 57.9 Å². The number of hydrogen-bond acceptors (Lipinski definition) is 5. The van der Waals surface area contributed by atoms with Gasteiger partial charge in [0.1, 0.15) is 0 Å². The van der Waals surface area contributed by atoms with Crippen molar-refractivity contribution in [3.8, 4) is 0 Å². The monoisotopic (exact) mass is 270 g/mol. The summed E-state index contributed by atoms with van der Waals surface area (Å²) in [6.07, 6.45) is 3.75. The summed E-state index contributed by atoms with van der Waals surface area (Å²) in [5.74, 6) is -0.224. The Bertz CT molecular complexity index is 286. The van der Waals surface area contributed by atoms with E-state index < -0.39 is 0 Å². The van der Waals surface area contributed by atoms with E-state index in [-0.39, 0.29) is 5.97 Å². The molecule has 1 saturated heterocycles. The number of esters is 1. The molecule has 0 bridgehead atoms. The van der Waals surface area contributed by atoms with E-state index in [4.69, 9.17) is 9.47 Å². The smallest absolute Gasteiger partial charge is 0.333 e. The van der Waals surface area contributed by atoms with Crippen LogP contribution in [0.4, 0.5) is 0 Å². The fourth-order valence-corrected chi connectivity index (χ4v) is 2.05. The van der Waals surface area contributed by atoms with Gasteiger partial charge in [-0.1, -0.05) is 13.0 Å². The molecule has 1 N–H and O–H groups in total. The second-order valence-electron chi connectivity index (χ2n) is 4.59.